The van der Waals surface area contributed by atoms with Crippen molar-refractivity contribution in [1.82, 2.24) is 0 Å². The fourth-order valence-corrected chi connectivity index (χ4v) is 3.74. The second kappa shape index (κ2) is 5.28. The highest BCUT2D eigenvalue weighted by Gasteiger charge is 2.30. The third-order valence-electron chi connectivity index (χ3n) is 3.24. The number of benzene rings is 1. The van der Waals surface area contributed by atoms with Gasteiger partial charge in [0.15, 0.2) is 9.84 Å². The summed E-state index contributed by atoms with van der Waals surface area (Å²) < 4.78 is 28.6. The zero-order valence-electron chi connectivity index (χ0n) is 10.5. The predicted molar refractivity (Wildman–Crippen MR) is 71.3 cm³/mol. The van der Waals surface area contributed by atoms with Gasteiger partial charge in [-0.1, -0.05) is 25.1 Å². The van der Waals surface area contributed by atoms with Gasteiger partial charge in [0.05, 0.1) is 11.5 Å². The van der Waals surface area contributed by atoms with Gasteiger partial charge in [0.1, 0.15) is 11.9 Å². The van der Waals surface area contributed by atoms with E-state index >= 15 is 0 Å². The summed E-state index contributed by atoms with van der Waals surface area (Å²) in [6, 6.07) is 7.52. The van der Waals surface area contributed by atoms with Crippen LogP contribution in [0.5, 0.6) is 5.75 Å². The number of sulfone groups is 1. The molecule has 1 unspecified atom stereocenters. The standard InChI is InChI=1S/C13H19NO3S/c1-2-12(14)11-5-3-4-6-13(11)17-10-7-8-18(15,16)9-10/h3-6,10,12H,2,7-9,14H2,1H3/t10?,12-/m1/s1. The van der Waals surface area contributed by atoms with Gasteiger partial charge >= 0.3 is 0 Å². The molecule has 18 heavy (non-hydrogen) atoms. The molecule has 0 aromatic heterocycles. The molecular weight excluding hydrogens is 250 g/mol. The Labute approximate surface area is 108 Å². The van der Waals surface area contributed by atoms with Gasteiger partial charge in [-0.05, 0) is 18.9 Å². The van der Waals surface area contributed by atoms with Crippen LogP contribution < -0.4 is 10.5 Å². The topological polar surface area (TPSA) is 69.4 Å². The third-order valence-corrected chi connectivity index (χ3v) is 4.98. The first kappa shape index (κ1) is 13.4. The van der Waals surface area contributed by atoms with E-state index in [1.54, 1.807) is 0 Å². The summed E-state index contributed by atoms with van der Waals surface area (Å²) in [6.45, 7) is 2.02. The van der Waals surface area contributed by atoms with E-state index in [2.05, 4.69) is 0 Å². The third kappa shape index (κ3) is 3.03. The van der Waals surface area contributed by atoms with Crippen molar-refractivity contribution in [2.45, 2.75) is 31.9 Å². The van der Waals surface area contributed by atoms with Crippen LogP contribution in [0.15, 0.2) is 24.3 Å². The molecular formula is C13H19NO3S. The van der Waals surface area contributed by atoms with Crippen molar-refractivity contribution in [2.24, 2.45) is 5.73 Å². The molecule has 1 aliphatic heterocycles. The van der Waals surface area contributed by atoms with Crippen molar-refractivity contribution in [3.63, 3.8) is 0 Å². The number of hydrogen-bond acceptors (Lipinski definition) is 4. The minimum atomic E-state index is -2.91. The average molecular weight is 269 g/mol. The van der Waals surface area contributed by atoms with Crippen molar-refractivity contribution in [3.8, 4) is 5.75 Å². The number of hydrogen-bond donors (Lipinski definition) is 1. The quantitative estimate of drug-likeness (QED) is 0.902. The van der Waals surface area contributed by atoms with Gasteiger partial charge in [0.25, 0.3) is 0 Å². The van der Waals surface area contributed by atoms with Crippen molar-refractivity contribution in [1.29, 1.82) is 0 Å². The van der Waals surface area contributed by atoms with Crippen LogP contribution in [0.4, 0.5) is 0 Å². The van der Waals surface area contributed by atoms with Gasteiger partial charge in [0.2, 0.25) is 0 Å². The molecule has 0 aliphatic carbocycles. The lowest BCUT2D eigenvalue weighted by Crippen LogP contribution is -2.20. The molecule has 2 atom stereocenters. The Bertz CT molecular complexity index is 513. The second-order valence-corrected chi connectivity index (χ2v) is 6.92. The van der Waals surface area contributed by atoms with Gasteiger partial charge in [0, 0.05) is 11.6 Å². The average Bonchev–Trinajstić information content (AvgIpc) is 2.68. The number of nitrogens with two attached hydrogens (primary N) is 1. The van der Waals surface area contributed by atoms with E-state index in [1.807, 2.05) is 31.2 Å². The van der Waals surface area contributed by atoms with Gasteiger partial charge in [-0.15, -0.1) is 0 Å². The van der Waals surface area contributed by atoms with Gasteiger partial charge in [-0.2, -0.15) is 0 Å². The molecule has 0 spiro atoms. The smallest absolute Gasteiger partial charge is 0.154 e. The molecule has 0 amide bonds. The number of para-hydroxylation sites is 1. The van der Waals surface area contributed by atoms with E-state index in [0.717, 1.165) is 12.0 Å². The summed E-state index contributed by atoms with van der Waals surface area (Å²) in [6.07, 6.45) is 1.15. The van der Waals surface area contributed by atoms with Crippen LogP contribution in [0.2, 0.25) is 0 Å². The van der Waals surface area contributed by atoms with Crippen LogP contribution in [0.1, 0.15) is 31.4 Å². The van der Waals surface area contributed by atoms with Gasteiger partial charge < -0.3 is 10.5 Å². The fraction of sp³-hybridized carbons (Fsp3) is 0.538. The minimum Gasteiger partial charge on any atom is -0.489 e. The highest BCUT2D eigenvalue weighted by atomic mass is 32.2. The Hall–Kier alpha value is -1.07. The number of ether oxygens (including phenoxy) is 1. The minimum absolute atomic E-state index is 0.0702. The lowest BCUT2D eigenvalue weighted by atomic mass is 10.0. The van der Waals surface area contributed by atoms with Gasteiger partial charge in [-0.25, -0.2) is 8.42 Å². The Morgan fingerprint density at radius 1 is 1.44 bits per heavy atom. The molecule has 2 rings (SSSR count). The second-order valence-electron chi connectivity index (χ2n) is 4.70. The lowest BCUT2D eigenvalue weighted by Gasteiger charge is -2.18. The molecule has 1 heterocycles. The van der Waals surface area contributed by atoms with Crippen molar-refractivity contribution in [3.05, 3.63) is 29.8 Å². The van der Waals surface area contributed by atoms with Crippen LogP contribution >= 0.6 is 0 Å². The molecule has 1 aromatic carbocycles. The van der Waals surface area contributed by atoms with Crippen LogP contribution in [-0.4, -0.2) is 26.0 Å². The molecule has 2 N–H and O–H groups in total. The maximum absolute atomic E-state index is 11.4. The first-order chi connectivity index (χ1) is 8.52. The largest absolute Gasteiger partial charge is 0.489 e. The zero-order chi connectivity index (χ0) is 13.2. The van der Waals surface area contributed by atoms with Crippen LogP contribution in [0.3, 0.4) is 0 Å². The van der Waals surface area contributed by atoms with E-state index in [1.165, 1.54) is 0 Å². The van der Waals surface area contributed by atoms with Crippen molar-refractivity contribution in [2.75, 3.05) is 11.5 Å². The Kier molecular flexibility index (Phi) is 3.92. The zero-order valence-corrected chi connectivity index (χ0v) is 11.3. The summed E-state index contributed by atoms with van der Waals surface area (Å²) in [4.78, 5) is 0. The Balaban J connectivity index is 2.15. The molecule has 100 valence electrons. The fourth-order valence-electron chi connectivity index (χ4n) is 2.15. The van der Waals surface area contributed by atoms with E-state index in [9.17, 15) is 8.42 Å². The van der Waals surface area contributed by atoms with E-state index in [-0.39, 0.29) is 23.7 Å². The maximum atomic E-state index is 11.4. The summed E-state index contributed by atoms with van der Waals surface area (Å²) in [5.41, 5.74) is 6.97. The molecule has 0 radical (unpaired) electrons. The van der Waals surface area contributed by atoms with Crippen molar-refractivity contribution >= 4 is 9.84 Å². The summed E-state index contributed by atoms with van der Waals surface area (Å²) in [5, 5.41) is 0. The first-order valence-electron chi connectivity index (χ1n) is 6.23. The molecule has 0 saturated carbocycles. The molecule has 5 heteroatoms. The van der Waals surface area contributed by atoms with E-state index < -0.39 is 9.84 Å². The summed E-state index contributed by atoms with van der Waals surface area (Å²) >= 11 is 0. The lowest BCUT2D eigenvalue weighted by molar-refractivity contribution is 0.225. The molecule has 1 aliphatic rings. The molecule has 1 aromatic rings. The summed E-state index contributed by atoms with van der Waals surface area (Å²) in [5.74, 6) is 1.05. The normalized spacial score (nSPS) is 23.8. The first-order valence-corrected chi connectivity index (χ1v) is 8.05. The molecule has 1 fully saturated rings. The molecule has 0 bridgehead atoms. The Morgan fingerprint density at radius 2 is 2.17 bits per heavy atom. The van der Waals surface area contributed by atoms with Crippen LogP contribution in [0.25, 0.3) is 0 Å². The molecule has 1 saturated heterocycles. The maximum Gasteiger partial charge on any atom is 0.154 e. The predicted octanol–water partition coefficient (Wildman–Crippen LogP) is 1.66. The highest BCUT2D eigenvalue weighted by Crippen LogP contribution is 2.28. The van der Waals surface area contributed by atoms with E-state index in [0.29, 0.717) is 12.2 Å². The Morgan fingerprint density at radius 3 is 2.78 bits per heavy atom. The number of rotatable bonds is 4. The van der Waals surface area contributed by atoms with E-state index in [4.69, 9.17) is 10.5 Å². The van der Waals surface area contributed by atoms with Crippen LogP contribution in [-0.2, 0) is 9.84 Å². The SMILES string of the molecule is CC[C@@H](N)c1ccccc1OC1CCS(=O)(=O)C1. The summed E-state index contributed by atoms with van der Waals surface area (Å²) in [7, 11) is -2.91. The van der Waals surface area contributed by atoms with Crippen LogP contribution in [0, 0.1) is 0 Å². The monoisotopic (exact) mass is 269 g/mol. The van der Waals surface area contributed by atoms with Crippen molar-refractivity contribution < 1.29 is 13.2 Å². The van der Waals surface area contributed by atoms with Gasteiger partial charge in [-0.3, -0.25) is 0 Å². The molecule has 4 nitrogen and oxygen atoms in total. The highest BCUT2D eigenvalue weighted by molar-refractivity contribution is 7.91.